The lowest BCUT2D eigenvalue weighted by atomic mass is 10.2. The molecule has 0 aromatic heterocycles. The third-order valence-electron chi connectivity index (χ3n) is 3.79. The quantitative estimate of drug-likeness (QED) is 0.747. The van der Waals surface area contributed by atoms with E-state index in [2.05, 4.69) is 16.6 Å². The van der Waals surface area contributed by atoms with Gasteiger partial charge >= 0.3 is 0 Å². The first-order chi connectivity index (χ1) is 12.7. The molecule has 0 heterocycles. The van der Waals surface area contributed by atoms with Gasteiger partial charge in [-0.1, -0.05) is 12.0 Å². The first kappa shape index (κ1) is 20.2. The second kappa shape index (κ2) is 8.52. The standard InChI is InChI=1S/C20H20N2O4S/c1-4-15-6-5-7-17(12-15)22-19(23)13-21-20(24)16-8-10-18(11-9-16)27(25,26)14(2)3/h1,5-12,14H,13H2,2-3H3,(H,21,24)(H,22,23). The van der Waals surface area contributed by atoms with Crippen LogP contribution in [-0.4, -0.2) is 32.0 Å². The zero-order chi connectivity index (χ0) is 20.0. The Morgan fingerprint density at radius 2 is 1.78 bits per heavy atom. The van der Waals surface area contributed by atoms with Gasteiger partial charge in [0.15, 0.2) is 9.84 Å². The highest BCUT2D eigenvalue weighted by molar-refractivity contribution is 7.92. The summed E-state index contributed by atoms with van der Waals surface area (Å²) in [5, 5.41) is 4.58. The third-order valence-corrected chi connectivity index (χ3v) is 5.96. The number of carbonyl (C=O) groups is 2. The van der Waals surface area contributed by atoms with Crippen molar-refractivity contribution in [3.05, 3.63) is 59.7 Å². The maximum atomic E-state index is 12.1. The van der Waals surface area contributed by atoms with Gasteiger partial charge < -0.3 is 10.6 Å². The van der Waals surface area contributed by atoms with Crippen LogP contribution in [0.3, 0.4) is 0 Å². The maximum Gasteiger partial charge on any atom is 0.251 e. The van der Waals surface area contributed by atoms with E-state index in [1.807, 2.05) is 0 Å². The van der Waals surface area contributed by atoms with Crippen LogP contribution in [0.25, 0.3) is 0 Å². The topological polar surface area (TPSA) is 92.3 Å². The second-order valence-electron chi connectivity index (χ2n) is 6.07. The number of sulfone groups is 1. The van der Waals surface area contributed by atoms with Crippen LogP contribution in [0.4, 0.5) is 5.69 Å². The summed E-state index contributed by atoms with van der Waals surface area (Å²) >= 11 is 0. The molecule has 27 heavy (non-hydrogen) atoms. The Bertz CT molecular complexity index is 987. The molecule has 2 aromatic carbocycles. The summed E-state index contributed by atoms with van der Waals surface area (Å²) in [4.78, 5) is 24.2. The van der Waals surface area contributed by atoms with E-state index in [0.717, 1.165) is 0 Å². The number of hydrogen-bond donors (Lipinski definition) is 2. The largest absolute Gasteiger partial charge is 0.343 e. The lowest BCUT2D eigenvalue weighted by Gasteiger charge is -2.09. The SMILES string of the molecule is C#Cc1cccc(NC(=O)CNC(=O)c2ccc(S(=O)(=O)C(C)C)cc2)c1. The smallest absolute Gasteiger partial charge is 0.251 e. The normalized spacial score (nSPS) is 10.9. The first-order valence-electron chi connectivity index (χ1n) is 8.22. The Hall–Kier alpha value is -3.11. The molecule has 0 fully saturated rings. The van der Waals surface area contributed by atoms with Crippen molar-refractivity contribution in [1.29, 1.82) is 0 Å². The van der Waals surface area contributed by atoms with Gasteiger partial charge in [-0.15, -0.1) is 6.42 Å². The van der Waals surface area contributed by atoms with E-state index >= 15 is 0 Å². The Morgan fingerprint density at radius 3 is 2.37 bits per heavy atom. The summed E-state index contributed by atoms with van der Waals surface area (Å²) in [5.41, 5.74) is 1.43. The van der Waals surface area contributed by atoms with Gasteiger partial charge in [0.2, 0.25) is 5.91 Å². The van der Waals surface area contributed by atoms with Crippen LogP contribution in [0.1, 0.15) is 29.8 Å². The van der Waals surface area contributed by atoms with E-state index in [1.54, 1.807) is 38.1 Å². The van der Waals surface area contributed by atoms with Crippen molar-refractivity contribution in [3.8, 4) is 12.3 Å². The van der Waals surface area contributed by atoms with Crippen LogP contribution >= 0.6 is 0 Å². The molecular formula is C20H20N2O4S. The summed E-state index contributed by atoms with van der Waals surface area (Å²) in [6, 6.07) is 12.4. The van der Waals surface area contributed by atoms with Crippen molar-refractivity contribution < 1.29 is 18.0 Å². The van der Waals surface area contributed by atoms with Crippen molar-refractivity contribution in [2.45, 2.75) is 24.0 Å². The number of benzene rings is 2. The molecule has 0 spiro atoms. The average molecular weight is 384 g/mol. The van der Waals surface area contributed by atoms with Gasteiger partial charge in [0.1, 0.15) is 0 Å². The molecule has 0 bridgehead atoms. The molecule has 140 valence electrons. The molecule has 7 heteroatoms. The zero-order valence-electron chi connectivity index (χ0n) is 15.0. The van der Waals surface area contributed by atoms with E-state index in [4.69, 9.17) is 6.42 Å². The highest BCUT2D eigenvalue weighted by atomic mass is 32.2. The molecule has 2 rings (SSSR count). The van der Waals surface area contributed by atoms with Crippen LogP contribution in [0.5, 0.6) is 0 Å². The number of hydrogen-bond acceptors (Lipinski definition) is 4. The minimum Gasteiger partial charge on any atom is -0.343 e. The predicted molar refractivity (Wildman–Crippen MR) is 104 cm³/mol. The molecule has 2 amide bonds. The summed E-state index contributed by atoms with van der Waals surface area (Å²) < 4.78 is 24.2. The van der Waals surface area contributed by atoms with Crippen molar-refractivity contribution in [2.75, 3.05) is 11.9 Å². The fourth-order valence-electron chi connectivity index (χ4n) is 2.22. The molecule has 2 N–H and O–H groups in total. The zero-order valence-corrected chi connectivity index (χ0v) is 15.8. The Kier molecular flexibility index (Phi) is 6.37. The molecule has 6 nitrogen and oxygen atoms in total. The number of rotatable bonds is 6. The molecule has 0 aliphatic heterocycles. The minimum absolute atomic E-state index is 0.153. The summed E-state index contributed by atoms with van der Waals surface area (Å²) in [7, 11) is -3.40. The molecule has 0 atom stereocenters. The monoisotopic (exact) mass is 384 g/mol. The van der Waals surface area contributed by atoms with E-state index in [1.165, 1.54) is 24.3 Å². The van der Waals surface area contributed by atoms with E-state index in [0.29, 0.717) is 11.3 Å². The first-order valence-corrected chi connectivity index (χ1v) is 9.77. The van der Waals surface area contributed by atoms with Gasteiger partial charge in [-0.05, 0) is 56.3 Å². The third kappa shape index (κ3) is 5.19. The highest BCUT2D eigenvalue weighted by Gasteiger charge is 2.19. The molecule has 0 saturated heterocycles. The molecule has 0 aliphatic rings. The van der Waals surface area contributed by atoms with E-state index < -0.39 is 26.9 Å². The Balaban J connectivity index is 1.95. The summed E-state index contributed by atoms with van der Waals surface area (Å²) in [6.07, 6.45) is 5.31. The number of amides is 2. The van der Waals surface area contributed by atoms with Crippen LogP contribution in [0.2, 0.25) is 0 Å². The fourth-order valence-corrected chi connectivity index (χ4v) is 3.28. The van der Waals surface area contributed by atoms with Gasteiger partial charge in [-0.25, -0.2) is 8.42 Å². The fraction of sp³-hybridized carbons (Fsp3) is 0.200. The number of nitrogens with one attached hydrogen (secondary N) is 2. The van der Waals surface area contributed by atoms with Gasteiger partial charge in [-0.3, -0.25) is 9.59 Å². The van der Waals surface area contributed by atoms with Gasteiger partial charge in [0.05, 0.1) is 16.7 Å². The minimum atomic E-state index is -3.40. The van der Waals surface area contributed by atoms with Crippen LogP contribution in [0, 0.1) is 12.3 Å². The molecule has 0 unspecified atom stereocenters. The van der Waals surface area contributed by atoms with Gasteiger partial charge in [0, 0.05) is 16.8 Å². The lowest BCUT2D eigenvalue weighted by Crippen LogP contribution is -2.32. The van der Waals surface area contributed by atoms with Crippen LogP contribution < -0.4 is 10.6 Å². The number of anilines is 1. The van der Waals surface area contributed by atoms with Crippen molar-refractivity contribution >= 4 is 27.3 Å². The molecule has 0 saturated carbocycles. The van der Waals surface area contributed by atoms with Crippen molar-refractivity contribution in [1.82, 2.24) is 5.32 Å². The van der Waals surface area contributed by atoms with Crippen LogP contribution in [0.15, 0.2) is 53.4 Å². The number of carbonyl (C=O) groups excluding carboxylic acids is 2. The van der Waals surface area contributed by atoms with Crippen molar-refractivity contribution in [3.63, 3.8) is 0 Å². The summed E-state index contributed by atoms with van der Waals surface area (Å²) in [6.45, 7) is 2.95. The van der Waals surface area contributed by atoms with Gasteiger partial charge in [-0.2, -0.15) is 0 Å². The van der Waals surface area contributed by atoms with Crippen LogP contribution in [-0.2, 0) is 14.6 Å². The molecule has 0 radical (unpaired) electrons. The van der Waals surface area contributed by atoms with Gasteiger partial charge in [0.25, 0.3) is 5.91 Å². The predicted octanol–water partition coefficient (Wildman–Crippen LogP) is 2.22. The molecule has 0 aliphatic carbocycles. The Labute approximate surface area is 158 Å². The van der Waals surface area contributed by atoms with E-state index in [9.17, 15) is 18.0 Å². The van der Waals surface area contributed by atoms with Crippen molar-refractivity contribution in [2.24, 2.45) is 0 Å². The number of terminal acetylenes is 1. The van der Waals surface area contributed by atoms with E-state index in [-0.39, 0.29) is 17.0 Å². The average Bonchev–Trinajstić information content (AvgIpc) is 2.66. The Morgan fingerprint density at radius 1 is 1.11 bits per heavy atom. The second-order valence-corrected chi connectivity index (χ2v) is 8.58. The lowest BCUT2D eigenvalue weighted by molar-refractivity contribution is -0.115. The molecule has 2 aromatic rings. The molecular weight excluding hydrogens is 364 g/mol. The highest BCUT2D eigenvalue weighted by Crippen LogP contribution is 2.16. The summed E-state index contributed by atoms with van der Waals surface area (Å²) in [5.74, 6) is 1.59. The maximum absolute atomic E-state index is 12.1.